The summed E-state index contributed by atoms with van der Waals surface area (Å²) >= 11 is 0. The average molecular weight is 417 g/mol. The van der Waals surface area contributed by atoms with Gasteiger partial charge in [-0.3, -0.25) is 19.5 Å². The Kier molecular flexibility index (Phi) is 5.25. The Hall–Kier alpha value is -4.00. The summed E-state index contributed by atoms with van der Waals surface area (Å²) < 4.78 is 13.3. The van der Waals surface area contributed by atoms with Gasteiger partial charge in [0.25, 0.3) is 11.7 Å². The van der Waals surface area contributed by atoms with Gasteiger partial charge in [-0.15, -0.1) is 0 Å². The lowest BCUT2D eigenvalue weighted by molar-refractivity contribution is -0.132. The second-order valence-corrected chi connectivity index (χ2v) is 7.37. The smallest absolute Gasteiger partial charge is 0.300 e. The molecule has 1 aliphatic heterocycles. The number of halogens is 1. The van der Waals surface area contributed by atoms with Gasteiger partial charge in [0.2, 0.25) is 0 Å². The molecule has 7 heteroatoms. The third kappa shape index (κ3) is 3.66. The van der Waals surface area contributed by atoms with Gasteiger partial charge in [-0.1, -0.05) is 6.07 Å². The minimum atomic E-state index is -0.871. The summed E-state index contributed by atoms with van der Waals surface area (Å²) in [5, 5.41) is 10.9. The van der Waals surface area contributed by atoms with Gasteiger partial charge < -0.3 is 10.0 Å². The molecule has 1 amide bonds. The van der Waals surface area contributed by atoms with Crippen LogP contribution in [0.25, 0.3) is 5.76 Å². The van der Waals surface area contributed by atoms with Gasteiger partial charge in [-0.2, -0.15) is 0 Å². The maximum absolute atomic E-state index is 13.3. The molecule has 1 atom stereocenters. The molecule has 1 unspecified atom stereocenters. The molecule has 4 rings (SSSR count). The Labute approximate surface area is 178 Å². The number of anilines is 2. The fourth-order valence-electron chi connectivity index (χ4n) is 3.63. The van der Waals surface area contributed by atoms with E-state index in [9.17, 15) is 19.1 Å². The summed E-state index contributed by atoms with van der Waals surface area (Å²) in [5.41, 5.74) is 2.20. The molecule has 1 N–H and O–H groups in total. The van der Waals surface area contributed by atoms with Gasteiger partial charge in [0, 0.05) is 43.4 Å². The first kappa shape index (κ1) is 20.3. The van der Waals surface area contributed by atoms with Gasteiger partial charge in [-0.05, 0) is 60.2 Å². The Morgan fingerprint density at radius 3 is 2.29 bits per heavy atom. The normalized spacial score (nSPS) is 17.8. The molecule has 0 saturated carbocycles. The molecule has 0 radical (unpaired) electrons. The van der Waals surface area contributed by atoms with Crippen molar-refractivity contribution in [3.05, 3.63) is 95.6 Å². The van der Waals surface area contributed by atoms with E-state index in [0.29, 0.717) is 11.3 Å². The maximum Gasteiger partial charge on any atom is 0.300 e. The zero-order valence-corrected chi connectivity index (χ0v) is 17.0. The molecule has 6 nitrogen and oxygen atoms in total. The van der Waals surface area contributed by atoms with E-state index in [-0.39, 0.29) is 16.9 Å². The number of nitrogens with zero attached hydrogens (tertiary/aromatic N) is 3. The molecule has 0 spiro atoms. The van der Waals surface area contributed by atoms with Gasteiger partial charge in [0.05, 0.1) is 11.6 Å². The summed E-state index contributed by atoms with van der Waals surface area (Å²) in [6.45, 7) is 0. The largest absolute Gasteiger partial charge is 0.507 e. The number of aliphatic hydroxyl groups excluding tert-OH is 1. The molecule has 1 fully saturated rings. The predicted octanol–water partition coefficient (Wildman–Crippen LogP) is 3.91. The highest BCUT2D eigenvalue weighted by Gasteiger charge is 2.47. The van der Waals surface area contributed by atoms with Crippen molar-refractivity contribution in [3.8, 4) is 0 Å². The van der Waals surface area contributed by atoms with Crippen LogP contribution in [0.5, 0.6) is 0 Å². The molecule has 2 aromatic carbocycles. The first-order valence-corrected chi connectivity index (χ1v) is 9.62. The fraction of sp³-hybridized carbons (Fsp3) is 0.125. The van der Waals surface area contributed by atoms with Crippen LogP contribution >= 0.6 is 0 Å². The number of ketones is 1. The van der Waals surface area contributed by atoms with Crippen molar-refractivity contribution >= 4 is 28.8 Å². The number of aromatic nitrogens is 1. The quantitative estimate of drug-likeness (QED) is 0.396. The standard InChI is InChI=1S/C24H20FN3O3/c1-27(2)18-9-11-19(12-10-18)28-21(16-4-3-13-26-14-16)20(23(30)24(28)31)22(29)15-5-7-17(25)8-6-15/h3-14,21,29H,1-2H3/b22-20+. The number of carbonyl (C=O) groups is 2. The average Bonchev–Trinajstić information content (AvgIpc) is 3.05. The van der Waals surface area contributed by atoms with Crippen LogP contribution in [0.3, 0.4) is 0 Å². The molecule has 2 heterocycles. The zero-order chi connectivity index (χ0) is 22.1. The van der Waals surface area contributed by atoms with Crippen LogP contribution in [-0.4, -0.2) is 35.9 Å². The first-order chi connectivity index (χ1) is 14.9. The highest BCUT2D eigenvalue weighted by Crippen LogP contribution is 2.42. The van der Waals surface area contributed by atoms with Gasteiger partial charge in [-0.25, -0.2) is 4.39 Å². The summed E-state index contributed by atoms with van der Waals surface area (Å²) in [6.07, 6.45) is 3.14. The van der Waals surface area contributed by atoms with Crippen molar-refractivity contribution < 1.29 is 19.1 Å². The van der Waals surface area contributed by atoms with Crippen LogP contribution in [0, 0.1) is 5.82 Å². The van der Waals surface area contributed by atoms with E-state index in [0.717, 1.165) is 5.69 Å². The number of amides is 1. The van der Waals surface area contributed by atoms with Crippen LogP contribution in [-0.2, 0) is 9.59 Å². The molecule has 0 aliphatic carbocycles. The molecule has 0 bridgehead atoms. The van der Waals surface area contributed by atoms with E-state index in [1.54, 1.807) is 36.7 Å². The highest BCUT2D eigenvalue weighted by atomic mass is 19.1. The van der Waals surface area contributed by atoms with Crippen molar-refractivity contribution in [2.75, 3.05) is 23.9 Å². The monoisotopic (exact) mass is 417 g/mol. The molecule has 1 saturated heterocycles. The fourth-order valence-corrected chi connectivity index (χ4v) is 3.63. The lowest BCUT2D eigenvalue weighted by Gasteiger charge is -2.25. The molecule has 156 valence electrons. The molecular weight excluding hydrogens is 397 g/mol. The van der Waals surface area contributed by atoms with E-state index in [4.69, 9.17) is 0 Å². The van der Waals surface area contributed by atoms with Crippen LogP contribution in [0.2, 0.25) is 0 Å². The predicted molar refractivity (Wildman–Crippen MR) is 116 cm³/mol. The van der Waals surface area contributed by atoms with E-state index in [2.05, 4.69) is 4.98 Å². The highest BCUT2D eigenvalue weighted by molar-refractivity contribution is 6.51. The third-order valence-corrected chi connectivity index (χ3v) is 5.21. The minimum Gasteiger partial charge on any atom is -0.507 e. The van der Waals surface area contributed by atoms with Crippen molar-refractivity contribution in [1.29, 1.82) is 0 Å². The molecule has 3 aromatic rings. The summed E-state index contributed by atoms with van der Waals surface area (Å²) in [4.78, 5) is 33.5. The van der Waals surface area contributed by atoms with Crippen LogP contribution < -0.4 is 9.80 Å². The van der Waals surface area contributed by atoms with Crippen molar-refractivity contribution in [2.24, 2.45) is 0 Å². The second-order valence-electron chi connectivity index (χ2n) is 7.37. The van der Waals surface area contributed by atoms with Gasteiger partial charge >= 0.3 is 0 Å². The number of pyridine rings is 1. The third-order valence-electron chi connectivity index (χ3n) is 5.21. The second kappa shape index (κ2) is 8.02. The summed E-state index contributed by atoms with van der Waals surface area (Å²) in [5.74, 6) is -2.40. The van der Waals surface area contributed by atoms with Crippen LogP contribution in [0.15, 0.2) is 78.6 Å². The Morgan fingerprint density at radius 1 is 1.03 bits per heavy atom. The van der Waals surface area contributed by atoms with E-state index < -0.39 is 23.5 Å². The van der Waals surface area contributed by atoms with E-state index >= 15 is 0 Å². The zero-order valence-electron chi connectivity index (χ0n) is 17.0. The minimum absolute atomic E-state index is 0.0682. The molecular formula is C24H20FN3O3. The Balaban J connectivity index is 1.89. The SMILES string of the molecule is CN(C)c1ccc(N2C(=O)C(=O)/C(=C(/O)c3ccc(F)cc3)C2c2cccnc2)cc1. The number of aliphatic hydroxyl groups is 1. The number of hydrogen-bond acceptors (Lipinski definition) is 5. The lowest BCUT2D eigenvalue weighted by atomic mass is 9.96. The van der Waals surface area contributed by atoms with Crippen LogP contribution in [0.1, 0.15) is 17.2 Å². The number of benzene rings is 2. The molecule has 31 heavy (non-hydrogen) atoms. The molecule has 1 aromatic heterocycles. The maximum atomic E-state index is 13.3. The Bertz CT molecular complexity index is 1160. The van der Waals surface area contributed by atoms with E-state index in [1.807, 2.05) is 31.1 Å². The Morgan fingerprint density at radius 2 is 1.71 bits per heavy atom. The van der Waals surface area contributed by atoms with E-state index in [1.165, 1.54) is 29.2 Å². The van der Waals surface area contributed by atoms with Crippen molar-refractivity contribution in [2.45, 2.75) is 6.04 Å². The number of hydrogen-bond donors (Lipinski definition) is 1. The first-order valence-electron chi connectivity index (χ1n) is 9.62. The van der Waals surface area contributed by atoms with Crippen LogP contribution in [0.4, 0.5) is 15.8 Å². The topological polar surface area (TPSA) is 73.7 Å². The molecule has 1 aliphatic rings. The number of rotatable bonds is 4. The van der Waals surface area contributed by atoms with Gasteiger partial charge in [0.15, 0.2) is 0 Å². The van der Waals surface area contributed by atoms with Crippen molar-refractivity contribution in [1.82, 2.24) is 4.98 Å². The van der Waals surface area contributed by atoms with Crippen molar-refractivity contribution in [3.63, 3.8) is 0 Å². The number of carbonyl (C=O) groups excluding carboxylic acids is 2. The lowest BCUT2D eigenvalue weighted by Crippen LogP contribution is -2.29. The number of Topliss-reactive ketones (excluding diaryl/α,β-unsaturated/α-hetero) is 1. The summed E-state index contributed by atoms with van der Waals surface area (Å²) in [7, 11) is 3.80. The summed E-state index contributed by atoms with van der Waals surface area (Å²) in [6, 6.07) is 14.9. The van der Waals surface area contributed by atoms with Gasteiger partial charge in [0.1, 0.15) is 11.6 Å².